The number of para-hydroxylation sites is 1. The zero-order valence-corrected chi connectivity index (χ0v) is 23.3. The number of aromatic nitrogens is 5. The van der Waals surface area contributed by atoms with Gasteiger partial charge in [0.15, 0.2) is 0 Å². The van der Waals surface area contributed by atoms with Crippen molar-refractivity contribution in [2.75, 3.05) is 42.6 Å². The number of aliphatic hydroxyl groups is 1. The van der Waals surface area contributed by atoms with E-state index in [1.807, 2.05) is 35.2 Å². The van der Waals surface area contributed by atoms with Gasteiger partial charge in [0.25, 0.3) is 5.56 Å². The molecule has 0 spiro atoms. The van der Waals surface area contributed by atoms with Crippen LogP contribution < -0.4 is 15.4 Å². The molecule has 1 aliphatic rings. The summed E-state index contributed by atoms with van der Waals surface area (Å²) in [5, 5.41) is 16.1. The molecule has 1 atom stereocenters. The zero-order valence-electron chi connectivity index (χ0n) is 22.6. The first-order valence-electron chi connectivity index (χ1n) is 13.5. The average molecular weight is 592 g/mol. The first-order valence-corrected chi connectivity index (χ1v) is 13.9. The smallest absolute Gasteiger partial charge is 0.262 e. The number of piperazine rings is 1. The molecule has 1 fully saturated rings. The van der Waals surface area contributed by atoms with Gasteiger partial charge in [-0.15, -0.1) is 0 Å². The fourth-order valence-electron chi connectivity index (χ4n) is 5.61. The lowest BCUT2D eigenvalue weighted by Gasteiger charge is -2.39. The van der Waals surface area contributed by atoms with E-state index >= 15 is 4.39 Å². The van der Waals surface area contributed by atoms with E-state index in [-0.39, 0.29) is 24.2 Å². The number of nitrogens with zero attached hydrogens (tertiary/aromatic N) is 7. The van der Waals surface area contributed by atoms with Crippen LogP contribution in [-0.2, 0) is 18.5 Å². The molecular formula is C30H28ClF2N7O2. The van der Waals surface area contributed by atoms with Crippen LogP contribution in [0.4, 0.5) is 20.4 Å². The van der Waals surface area contributed by atoms with Gasteiger partial charge in [0.05, 0.1) is 29.5 Å². The third-order valence-corrected chi connectivity index (χ3v) is 8.04. The summed E-state index contributed by atoms with van der Waals surface area (Å²) in [5.41, 5.74) is -0.0936. The third-order valence-electron chi connectivity index (χ3n) is 7.79. The first-order chi connectivity index (χ1) is 20.4. The third kappa shape index (κ3) is 5.33. The Morgan fingerprint density at radius 3 is 2.36 bits per heavy atom. The molecule has 12 heteroatoms. The van der Waals surface area contributed by atoms with E-state index in [4.69, 9.17) is 16.6 Å². The second-order valence-electron chi connectivity index (χ2n) is 10.4. The van der Waals surface area contributed by atoms with E-state index in [0.29, 0.717) is 48.1 Å². The summed E-state index contributed by atoms with van der Waals surface area (Å²) in [4.78, 5) is 27.2. The maximum atomic E-state index is 15.4. The van der Waals surface area contributed by atoms with Gasteiger partial charge in [0, 0.05) is 55.1 Å². The van der Waals surface area contributed by atoms with E-state index in [2.05, 4.69) is 15.0 Å². The maximum Gasteiger partial charge on any atom is 0.262 e. The molecule has 2 aromatic heterocycles. The van der Waals surface area contributed by atoms with Crippen molar-refractivity contribution in [2.45, 2.75) is 18.5 Å². The maximum absolute atomic E-state index is 15.4. The van der Waals surface area contributed by atoms with Gasteiger partial charge in [-0.1, -0.05) is 29.8 Å². The van der Waals surface area contributed by atoms with Crippen LogP contribution in [0.5, 0.6) is 0 Å². The number of halogens is 3. The van der Waals surface area contributed by atoms with Gasteiger partial charge in [-0.2, -0.15) is 5.10 Å². The van der Waals surface area contributed by atoms with E-state index in [0.717, 1.165) is 17.8 Å². The van der Waals surface area contributed by atoms with Crippen molar-refractivity contribution < 1.29 is 13.9 Å². The van der Waals surface area contributed by atoms with Crippen molar-refractivity contribution in [1.82, 2.24) is 24.3 Å². The number of benzene rings is 3. The van der Waals surface area contributed by atoms with Crippen LogP contribution in [0.25, 0.3) is 10.9 Å². The number of anilines is 2. The summed E-state index contributed by atoms with van der Waals surface area (Å²) in [6.45, 7) is 1.74. The molecular weight excluding hydrogens is 564 g/mol. The van der Waals surface area contributed by atoms with Gasteiger partial charge in [0.1, 0.15) is 24.3 Å². The Morgan fingerprint density at radius 1 is 0.929 bits per heavy atom. The molecule has 1 aliphatic heterocycles. The predicted molar refractivity (Wildman–Crippen MR) is 157 cm³/mol. The normalized spacial score (nSPS) is 15.2. The highest BCUT2D eigenvalue weighted by molar-refractivity contribution is 6.30. The van der Waals surface area contributed by atoms with Gasteiger partial charge in [-0.25, -0.2) is 18.7 Å². The van der Waals surface area contributed by atoms with Gasteiger partial charge < -0.3 is 14.9 Å². The van der Waals surface area contributed by atoms with E-state index in [1.165, 1.54) is 28.0 Å². The number of fused-ring (bicyclic) bond motifs is 1. The predicted octanol–water partition coefficient (Wildman–Crippen LogP) is 3.88. The van der Waals surface area contributed by atoms with Crippen molar-refractivity contribution in [1.29, 1.82) is 0 Å². The summed E-state index contributed by atoms with van der Waals surface area (Å²) < 4.78 is 32.3. The van der Waals surface area contributed by atoms with Gasteiger partial charge in [-0.05, 0) is 42.5 Å². The minimum absolute atomic E-state index is 0.0187. The molecule has 9 nitrogen and oxygen atoms in total. The summed E-state index contributed by atoms with van der Waals surface area (Å²) in [5.74, 6) is -1.16. The molecule has 0 aliphatic carbocycles. The van der Waals surface area contributed by atoms with Crippen molar-refractivity contribution in [3.05, 3.63) is 112 Å². The second-order valence-corrected chi connectivity index (χ2v) is 10.9. The number of aliphatic hydroxyl groups excluding tert-OH is 1. The Morgan fingerprint density at radius 2 is 1.67 bits per heavy atom. The Balaban J connectivity index is 1.43. The zero-order chi connectivity index (χ0) is 29.3. The second kappa shape index (κ2) is 11.5. The molecule has 0 radical (unpaired) electrons. The number of hydrogen-bond donors (Lipinski definition) is 1. The fraction of sp³-hybridized carbons (Fsp3) is 0.267. The Hall–Kier alpha value is -4.35. The van der Waals surface area contributed by atoms with Crippen molar-refractivity contribution in [2.24, 2.45) is 0 Å². The molecule has 3 aromatic carbocycles. The minimum Gasteiger partial charge on any atom is -0.395 e. The van der Waals surface area contributed by atoms with E-state index < -0.39 is 23.7 Å². The van der Waals surface area contributed by atoms with Crippen LogP contribution in [0.15, 0.2) is 84.2 Å². The summed E-state index contributed by atoms with van der Waals surface area (Å²) >= 11 is 6.07. The van der Waals surface area contributed by atoms with Gasteiger partial charge in [-0.3, -0.25) is 14.0 Å². The minimum atomic E-state index is -1.40. The summed E-state index contributed by atoms with van der Waals surface area (Å²) in [6.07, 6.45) is 2.78. The molecule has 0 bridgehead atoms. The Bertz CT molecular complexity index is 1760. The van der Waals surface area contributed by atoms with Gasteiger partial charge >= 0.3 is 0 Å². The number of hydrogen-bond acceptors (Lipinski definition) is 7. The first kappa shape index (κ1) is 27.8. The molecule has 6 rings (SSSR count). The molecule has 1 saturated heterocycles. The molecule has 5 aromatic rings. The standard InChI is InChI=1S/C30H28ClF2N7O2/c31-21-5-8-23(9-6-21)37-11-13-38(14-12-37)29-36-27-4-2-1-3-24(27)28(42)40(29)17-30(18-41,16-39-20-34-19-35-39)25-10-7-22(32)15-26(25)33/h1-10,15,19-20,41H,11-14,16-18H2. The lowest BCUT2D eigenvalue weighted by Crippen LogP contribution is -2.50. The summed E-state index contributed by atoms with van der Waals surface area (Å²) in [6, 6.07) is 17.9. The van der Waals surface area contributed by atoms with Crippen molar-refractivity contribution >= 4 is 34.1 Å². The van der Waals surface area contributed by atoms with E-state index in [1.54, 1.807) is 18.2 Å². The van der Waals surface area contributed by atoms with Crippen LogP contribution in [0.2, 0.25) is 5.02 Å². The SMILES string of the molecule is O=c1c2ccccc2nc(N2CCN(c3ccc(Cl)cc3)CC2)n1CC(CO)(Cn1cncn1)c1ccc(F)cc1F. The topological polar surface area (TPSA) is 92.3 Å². The fourth-order valence-corrected chi connectivity index (χ4v) is 5.74. The highest BCUT2D eigenvalue weighted by atomic mass is 35.5. The van der Waals surface area contributed by atoms with Crippen LogP contribution in [0.1, 0.15) is 5.56 Å². The van der Waals surface area contributed by atoms with Crippen LogP contribution in [-0.4, -0.2) is 62.2 Å². The molecule has 3 heterocycles. The number of rotatable bonds is 8. The highest BCUT2D eigenvalue weighted by Gasteiger charge is 2.38. The molecule has 0 amide bonds. The summed E-state index contributed by atoms with van der Waals surface area (Å²) in [7, 11) is 0. The Kier molecular flexibility index (Phi) is 7.61. The van der Waals surface area contributed by atoms with Crippen LogP contribution in [0.3, 0.4) is 0 Å². The molecule has 42 heavy (non-hydrogen) atoms. The van der Waals surface area contributed by atoms with Crippen molar-refractivity contribution in [3.63, 3.8) is 0 Å². The lowest BCUT2D eigenvalue weighted by molar-refractivity contribution is 0.147. The largest absolute Gasteiger partial charge is 0.395 e. The van der Waals surface area contributed by atoms with Crippen molar-refractivity contribution in [3.8, 4) is 0 Å². The van der Waals surface area contributed by atoms with Gasteiger partial charge in [0.2, 0.25) is 5.95 Å². The molecule has 1 unspecified atom stereocenters. The highest BCUT2D eigenvalue weighted by Crippen LogP contribution is 2.32. The lowest BCUT2D eigenvalue weighted by atomic mass is 9.80. The Labute approximate surface area is 245 Å². The molecule has 216 valence electrons. The van der Waals surface area contributed by atoms with E-state index in [9.17, 15) is 14.3 Å². The monoisotopic (exact) mass is 591 g/mol. The van der Waals surface area contributed by atoms with Crippen LogP contribution >= 0.6 is 11.6 Å². The van der Waals surface area contributed by atoms with Crippen LogP contribution in [0, 0.1) is 11.6 Å². The molecule has 0 saturated carbocycles. The molecule has 1 N–H and O–H groups in total. The quantitative estimate of drug-likeness (QED) is 0.293. The average Bonchev–Trinajstić information content (AvgIpc) is 3.51.